The van der Waals surface area contributed by atoms with Crippen LogP contribution < -0.4 is 19.5 Å². The van der Waals surface area contributed by atoms with Crippen molar-refractivity contribution in [3.63, 3.8) is 0 Å². The summed E-state index contributed by atoms with van der Waals surface area (Å²) in [5, 5.41) is 3.50. The van der Waals surface area contributed by atoms with E-state index < -0.39 is 0 Å². The van der Waals surface area contributed by atoms with E-state index in [1.807, 2.05) is 12.1 Å². The molecule has 2 unspecified atom stereocenters. The van der Waals surface area contributed by atoms with Crippen molar-refractivity contribution in [2.75, 3.05) is 26.9 Å². The number of rotatable bonds is 5. The molecule has 4 heteroatoms. The number of methoxy groups -OCH3 is 1. The van der Waals surface area contributed by atoms with Crippen LogP contribution in [-0.2, 0) is 6.54 Å². The number of nitrogens with one attached hydrogen (secondary N) is 1. The lowest BCUT2D eigenvalue weighted by molar-refractivity contribution is 0.165. The second kappa shape index (κ2) is 5.29. The van der Waals surface area contributed by atoms with E-state index in [0.717, 1.165) is 42.2 Å². The van der Waals surface area contributed by atoms with Crippen molar-refractivity contribution in [1.29, 1.82) is 0 Å². The molecular weight excluding hydrogens is 242 g/mol. The largest absolute Gasteiger partial charge is 0.493 e. The Balaban J connectivity index is 1.67. The number of ether oxygens (including phenoxy) is 3. The number of fused-ring (bicyclic) bond motifs is 1. The predicted octanol–water partition coefficient (Wildman–Crippen LogP) is 2.21. The van der Waals surface area contributed by atoms with E-state index in [9.17, 15) is 0 Å². The molecule has 1 N–H and O–H groups in total. The Morgan fingerprint density at radius 1 is 1.32 bits per heavy atom. The molecule has 4 nitrogen and oxygen atoms in total. The minimum atomic E-state index is 0.584. The topological polar surface area (TPSA) is 39.7 Å². The molecule has 2 atom stereocenters. The van der Waals surface area contributed by atoms with Gasteiger partial charge in [-0.2, -0.15) is 0 Å². The van der Waals surface area contributed by atoms with Gasteiger partial charge in [0.2, 0.25) is 5.75 Å². The van der Waals surface area contributed by atoms with E-state index >= 15 is 0 Å². The summed E-state index contributed by atoms with van der Waals surface area (Å²) in [5.74, 6) is 4.03. The molecule has 1 heterocycles. The Labute approximate surface area is 114 Å². The van der Waals surface area contributed by atoms with Crippen molar-refractivity contribution in [1.82, 2.24) is 5.32 Å². The fourth-order valence-electron chi connectivity index (χ4n) is 2.51. The second-order valence-corrected chi connectivity index (χ2v) is 5.43. The Bertz CT molecular complexity index is 444. The highest BCUT2D eigenvalue weighted by molar-refractivity contribution is 5.54. The summed E-state index contributed by atoms with van der Waals surface area (Å²) < 4.78 is 16.6. The van der Waals surface area contributed by atoms with Crippen molar-refractivity contribution in [2.24, 2.45) is 11.8 Å². The SMILES string of the molecule is COc1cc(CNCC2CC2C)cc2c1OCCO2. The number of hydrogen-bond acceptors (Lipinski definition) is 4. The van der Waals surface area contributed by atoms with Gasteiger partial charge in [0.05, 0.1) is 7.11 Å². The molecule has 1 fully saturated rings. The van der Waals surface area contributed by atoms with Gasteiger partial charge >= 0.3 is 0 Å². The molecule has 3 rings (SSSR count). The molecule has 1 saturated carbocycles. The monoisotopic (exact) mass is 263 g/mol. The molecule has 0 saturated heterocycles. The molecule has 0 radical (unpaired) electrons. The molecule has 0 aromatic heterocycles. The third-order valence-electron chi connectivity index (χ3n) is 3.90. The van der Waals surface area contributed by atoms with E-state index in [1.54, 1.807) is 7.11 Å². The van der Waals surface area contributed by atoms with Crippen LogP contribution in [0.15, 0.2) is 12.1 Å². The summed E-state index contributed by atoms with van der Waals surface area (Å²) >= 11 is 0. The lowest BCUT2D eigenvalue weighted by atomic mass is 10.1. The first kappa shape index (κ1) is 12.6. The average molecular weight is 263 g/mol. The van der Waals surface area contributed by atoms with E-state index in [-0.39, 0.29) is 0 Å². The van der Waals surface area contributed by atoms with Gasteiger partial charge in [-0.1, -0.05) is 6.92 Å². The third kappa shape index (κ3) is 2.78. The van der Waals surface area contributed by atoms with Crippen molar-refractivity contribution in [3.05, 3.63) is 17.7 Å². The van der Waals surface area contributed by atoms with Gasteiger partial charge in [-0.05, 0) is 42.5 Å². The normalized spacial score (nSPS) is 24.1. The quantitative estimate of drug-likeness (QED) is 0.884. The minimum Gasteiger partial charge on any atom is -0.493 e. The van der Waals surface area contributed by atoms with Crippen molar-refractivity contribution >= 4 is 0 Å². The van der Waals surface area contributed by atoms with Crippen LogP contribution >= 0.6 is 0 Å². The summed E-state index contributed by atoms with van der Waals surface area (Å²) in [6.07, 6.45) is 1.36. The molecule has 104 valence electrons. The second-order valence-electron chi connectivity index (χ2n) is 5.43. The Morgan fingerprint density at radius 2 is 2.11 bits per heavy atom. The molecule has 1 aromatic carbocycles. The summed E-state index contributed by atoms with van der Waals surface area (Å²) in [6.45, 7) is 5.43. The van der Waals surface area contributed by atoms with E-state index in [0.29, 0.717) is 13.2 Å². The van der Waals surface area contributed by atoms with Crippen LogP contribution in [0.25, 0.3) is 0 Å². The van der Waals surface area contributed by atoms with Crippen molar-refractivity contribution in [3.8, 4) is 17.2 Å². The molecule has 0 spiro atoms. The lowest BCUT2D eigenvalue weighted by Crippen LogP contribution is -2.19. The fraction of sp³-hybridized carbons (Fsp3) is 0.600. The highest BCUT2D eigenvalue weighted by atomic mass is 16.6. The predicted molar refractivity (Wildman–Crippen MR) is 73.0 cm³/mol. The smallest absolute Gasteiger partial charge is 0.203 e. The standard InChI is InChI=1S/C15H21NO3/c1-10-5-12(10)9-16-8-11-6-13(17-2)15-14(7-11)18-3-4-19-15/h6-7,10,12,16H,3-5,8-9H2,1-2H3. The van der Waals surface area contributed by atoms with Gasteiger partial charge in [0.1, 0.15) is 13.2 Å². The summed E-state index contributed by atoms with van der Waals surface area (Å²) in [7, 11) is 1.66. The highest BCUT2D eigenvalue weighted by Gasteiger charge is 2.31. The zero-order valence-corrected chi connectivity index (χ0v) is 11.6. The van der Waals surface area contributed by atoms with Gasteiger partial charge < -0.3 is 19.5 Å². The molecule has 0 bridgehead atoms. The first-order chi connectivity index (χ1) is 9.28. The minimum absolute atomic E-state index is 0.584. The molecule has 1 aliphatic heterocycles. The van der Waals surface area contributed by atoms with Crippen LogP contribution in [0.2, 0.25) is 0 Å². The lowest BCUT2D eigenvalue weighted by Gasteiger charge is -2.21. The van der Waals surface area contributed by atoms with Crippen molar-refractivity contribution < 1.29 is 14.2 Å². The van der Waals surface area contributed by atoms with Gasteiger partial charge in [-0.3, -0.25) is 0 Å². The van der Waals surface area contributed by atoms with Gasteiger partial charge in [-0.15, -0.1) is 0 Å². The third-order valence-corrected chi connectivity index (χ3v) is 3.90. The van der Waals surface area contributed by atoms with Crippen molar-refractivity contribution in [2.45, 2.75) is 19.9 Å². The van der Waals surface area contributed by atoms with E-state index in [1.165, 1.54) is 12.0 Å². The first-order valence-electron chi connectivity index (χ1n) is 6.95. The number of hydrogen-bond donors (Lipinski definition) is 1. The van der Waals surface area contributed by atoms with E-state index in [2.05, 4.69) is 12.2 Å². The molecular formula is C15H21NO3. The summed E-state index contributed by atoms with van der Waals surface area (Å²) in [4.78, 5) is 0. The average Bonchev–Trinajstić information content (AvgIpc) is 3.13. The first-order valence-corrected chi connectivity index (χ1v) is 6.95. The zero-order chi connectivity index (χ0) is 13.2. The number of benzene rings is 1. The molecule has 1 aromatic rings. The maximum absolute atomic E-state index is 5.63. The van der Waals surface area contributed by atoms with Crippen LogP contribution in [0.1, 0.15) is 18.9 Å². The summed E-state index contributed by atoms with van der Waals surface area (Å²) in [5.41, 5.74) is 1.18. The van der Waals surface area contributed by atoms with Crippen LogP contribution in [0.3, 0.4) is 0 Å². The molecule has 1 aliphatic carbocycles. The highest BCUT2D eigenvalue weighted by Crippen LogP contribution is 2.40. The van der Waals surface area contributed by atoms with Gasteiger partial charge in [0, 0.05) is 6.54 Å². The van der Waals surface area contributed by atoms with Gasteiger partial charge in [0.15, 0.2) is 11.5 Å². The van der Waals surface area contributed by atoms with Crippen LogP contribution in [0.4, 0.5) is 0 Å². The fourth-order valence-corrected chi connectivity index (χ4v) is 2.51. The molecule has 2 aliphatic rings. The van der Waals surface area contributed by atoms with Crippen LogP contribution in [0.5, 0.6) is 17.2 Å². The Morgan fingerprint density at radius 3 is 2.84 bits per heavy atom. The Kier molecular flexibility index (Phi) is 3.51. The summed E-state index contributed by atoms with van der Waals surface area (Å²) in [6, 6.07) is 4.07. The molecule has 0 amide bonds. The van der Waals surface area contributed by atoms with Gasteiger partial charge in [-0.25, -0.2) is 0 Å². The van der Waals surface area contributed by atoms with E-state index in [4.69, 9.17) is 14.2 Å². The van der Waals surface area contributed by atoms with Crippen LogP contribution in [0, 0.1) is 11.8 Å². The molecule has 19 heavy (non-hydrogen) atoms. The Hall–Kier alpha value is -1.42. The maximum Gasteiger partial charge on any atom is 0.203 e. The van der Waals surface area contributed by atoms with Crippen LogP contribution in [-0.4, -0.2) is 26.9 Å². The zero-order valence-electron chi connectivity index (χ0n) is 11.6. The van der Waals surface area contributed by atoms with Gasteiger partial charge in [0.25, 0.3) is 0 Å². The maximum atomic E-state index is 5.63.